The number of anilines is 2. The van der Waals surface area contributed by atoms with E-state index in [2.05, 4.69) is 60.2 Å². The summed E-state index contributed by atoms with van der Waals surface area (Å²) in [6, 6.07) is 29.8. The highest BCUT2D eigenvalue weighted by molar-refractivity contribution is 9.10. The number of nitrogens with zero attached hydrogens (tertiary/aromatic N) is 3. The Morgan fingerprint density at radius 3 is 2.40 bits per heavy atom. The maximum absolute atomic E-state index is 15.3. The molecule has 4 aromatic rings. The maximum Gasteiger partial charge on any atom is 0.264 e. The summed E-state index contributed by atoms with van der Waals surface area (Å²) in [5.41, 5.74) is 4.20. The summed E-state index contributed by atoms with van der Waals surface area (Å²) >= 11 is 3.70. The smallest absolute Gasteiger partial charge is 0.264 e. The lowest BCUT2D eigenvalue weighted by atomic mass is 9.82. The van der Waals surface area contributed by atoms with Gasteiger partial charge in [0.2, 0.25) is 11.8 Å². The Morgan fingerprint density at radius 2 is 1.73 bits per heavy atom. The van der Waals surface area contributed by atoms with Gasteiger partial charge in [-0.1, -0.05) is 89.7 Å². The molecular formula is C44H48BrN3O6Si. The largest absolute Gasteiger partial charge is 0.497 e. The molecule has 4 aliphatic heterocycles. The molecule has 3 amide bonds. The molecule has 0 unspecified atom stereocenters. The average molecular weight is 823 g/mol. The first kappa shape index (κ1) is 37.6. The van der Waals surface area contributed by atoms with Gasteiger partial charge in [-0.15, -0.1) is 0 Å². The van der Waals surface area contributed by atoms with Crippen LogP contribution in [0.1, 0.15) is 48.4 Å². The number of aliphatic hydroxyl groups excluding tert-OH is 1. The van der Waals surface area contributed by atoms with Crippen LogP contribution in [0, 0.1) is 5.92 Å². The third-order valence-corrected chi connectivity index (χ3v) is 17.6. The van der Waals surface area contributed by atoms with Crippen molar-refractivity contribution in [1.29, 1.82) is 0 Å². The number of hydrogen-bond donors (Lipinski definition) is 1. The van der Waals surface area contributed by atoms with Crippen molar-refractivity contribution in [3.63, 3.8) is 0 Å². The normalized spacial score (nSPS) is 24.8. The highest BCUT2D eigenvalue weighted by Gasteiger charge is 2.66. The number of rotatable bonds is 9. The molecule has 0 aliphatic carbocycles. The minimum atomic E-state index is -2.50. The number of fused-ring (bicyclic) bond motifs is 3. The number of halogens is 1. The topological polar surface area (TPSA) is 99.6 Å². The zero-order valence-electron chi connectivity index (χ0n) is 31.8. The molecule has 11 heteroatoms. The Balaban J connectivity index is 1.16. The fraction of sp³-hybridized carbons (Fsp3) is 0.386. The SMILES string of the molecule is COc1ccc([Si](C)(C)[C@H]2[C@H](CC(=O)N3Cc4ccccc4C[C@H]3CO)O[C@@]3(C(=O)N(Cc4ccc(N5CCCC5=O)cc4)c4ccc(Br)cc43)[C@@H]2C)cc1. The van der Waals surface area contributed by atoms with Gasteiger partial charge in [0.15, 0.2) is 5.60 Å². The predicted octanol–water partition coefficient (Wildman–Crippen LogP) is 6.68. The minimum Gasteiger partial charge on any atom is -0.497 e. The van der Waals surface area contributed by atoms with Crippen molar-refractivity contribution in [2.24, 2.45) is 5.92 Å². The van der Waals surface area contributed by atoms with E-state index in [1.807, 2.05) is 81.4 Å². The van der Waals surface area contributed by atoms with E-state index in [0.29, 0.717) is 25.9 Å². The van der Waals surface area contributed by atoms with E-state index in [-0.39, 0.29) is 48.3 Å². The highest BCUT2D eigenvalue weighted by atomic mass is 79.9. The molecule has 0 bridgehead atoms. The Bertz CT molecular complexity index is 2130. The Hall–Kier alpha value is -4.29. The highest BCUT2D eigenvalue weighted by Crippen LogP contribution is 2.60. The van der Waals surface area contributed by atoms with Crippen LogP contribution in [0.2, 0.25) is 18.6 Å². The van der Waals surface area contributed by atoms with Crippen molar-refractivity contribution in [3.05, 3.63) is 118 Å². The van der Waals surface area contributed by atoms with Gasteiger partial charge < -0.3 is 29.3 Å². The van der Waals surface area contributed by atoms with E-state index in [4.69, 9.17) is 9.47 Å². The molecule has 5 atom stereocenters. The second kappa shape index (κ2) is 14.7. The van der Waals surface area contributed by atoms with Gasteiger partial charge in [-0.2, -0.15) is 0 Å². The van der Waals surface area contributed by atoms with Gasteiger partial charge in [0, 0.05) is 41.2 Å². The molecule has 0 saturated carbocycles. The number of methoxy groups -OCH3 is 1. The Morgan fingerprint density at radius 1 is 1.00 bits per heavy atom. The summed E-state index contributed by atoms with van der Waals surface area (Å²) in [6.07, 6.45) is 1.54. The predicted molar refractivity (Wildman–Crippen MR) is 219 cm³/mol. The van der Waals surface area contributed by atoms with Crippen LogP contribution in [-0.2, 0) is 44.2 Å². The quantitative estimate of drug-likeness (QED) is 0.189. The van der Waals surface area contributed by atoms with Crippen molar-refractivity contribution < 1.29 is 29.0 Å². The lowest BCUT2D eigenvalue weighted by Crippen LogP contribution is -2.52. The van der Waals surface area contributed by atoms with Crippen molar-refractivity contribution in [3.8, 4) is 5.75 Å². The van der Waals surface area contributed by atoms with E-state index in [0.717, 1.165) is 56.8 Å². The van der Waals surface area contributed by atoms with Gasteiger partial charge in [-0.25, -0.2) is 0 Å². The number of carbonyl (C=O) groups is 3. The molecule has 2 saturated heterocycles. The zero-order chi connectivity index (χ0) is 38.6. The van der Waals surface area contributed by atoms with Gasteiger partial charge in [0.05, 0.1) is 52.6 Å². The van der Waals surface area contributed by atoms with Gasteiger partial charge in [-0.3, -0.25) is 14.4 Å². The second-order valence-corrected chi connectivity index (χ2v) is 21.7. The van der Waals surface area contributed by atoms with Crippen molar-refractivity contribution in [2.45, 2.75) is 82.1 Å². The van der Waals surface area contributed by atoms with E-state index in [1.165, 1.54) is 5.19 Å². The molecule has 8 rings (SSSR count). The van der Waals surface area contributed by atoms with E-state index < -0.39 is 19.8 Å². The van der Waals surface area contributed by atoms with Crippen LogP contribution in [-0.4, -0.2) is 68.2 Å². The molecule has 2 fully saturated rings. The van der Waals surface area contributed by atoms with Crippen LogP contribution in [0.25, 0.3) is 0 Å². The molecule has 4 heterocycles. The summed E-state index contributed by atoms with van der Waals surface area (Å²) in [4.78, 5) is 47.8. The van der Waals surface area contributed by atoms with Crippen LogP contribution < -0.4 is 19.7 Å². The minimum absolute atomic E-state index is 0.0827. The monoisotopic (exact) mass is 821 g/mol. The zero-order valence-corrected chi connectivity index (χ0v) is 34.4. The van der Waals surface area contributed by atoms with Gasteiger partial charge >= 0.3 is 0 Å². The average Bonchev–Trinajstić information content (AvgIpc) is 3.82. The van der Waals surface area contributed by atoms with Crippen LogP contribution in [0.15, 0.2) is 95.5 Å². The van der Waals surface area contributed by atoms with Crippen LogP contribution in [0.3, 0.4) is 0 Å². The number of hydrogen-bond acceptors (Lipinski definition) is 6. The molecular weight excluding hydrogens is 774 g/mol. The van der Waals surface area contributed by atoms with Crippen molar-refractivity contribution >= 4 is 58.3 Å². The van der Waals surface area contributed by atoms with E-state index >= 15 is 4.79 Å². The summed E-state index contributed by atoms with van der Waals surface area (Å²) in [5.74, 6) is 0.413. The molecule has 1 spiro atoms. The third kappa shape index (κ3) is 6.42. The van der Waals surface area contributed by atoms with Crippen molar-refractivity contribution in [1.82, 2.24) is 4.90 Å². The maximum atomic E-state index is 15.3. The van der Waals surface area contributed by atoms with Crippen LogP contribution in [0.5, 0.6) is 5.75 Å². The summed E-state index contributed by atoms with van der Waals surface area (Å²) in [5, 5.41) is 11.7. The summed E-state index contributed by atoms with van der Waals surface area (Å²) in [7, 11) is -0.845. The third-order valence-electron chi connectivity index (χ3n) is 12.7. The van der Waals surface area contributed by atoms with Gasteiger partial charge in [-0.05, 0) is 77.5 Å². The molecule has 4 aliphatic rings. The Labute approximate surface area is 332 Å². The first-order valence-electron chi connectivity index (χ1n) is 19.3. The van der Waals surface area contributed by atoms with Crippen molar-refractivity contribution in [2.75, 3.05) is 30.1 Å². The van der Waals surface area contributed by atoms with Crippen LogP contribution in [0.4, 0.5) is 11.4 Å². The number of amides is 3. The first-order chi connectivity index (χ1) is 26.5. The standard InChI is InChI=1S/C44H48BrN3O6Si/c1-28-42(55(3,4)36-18-16-35(53-2)17-19-36)39(24-41(51)47-26-31-9-6-5-8-30(31)22-34(47)27-49)54-44(28)37-23-32(45)13-20-38(37)48(43(44)52)25-29-11-14-33(15-12-29)46-21-7-10-40(46)50/h5-6,8-9,11-20,23,28,34,39,42,49H,7,10,21-22,24-27H2,1-4H3/t28-,34+,39+,42-,44+/m1/s1. The number of ether oxygens (including phenoxy) is 2. The summed E-state index contributed by atoms with van der Waals surface area (Å²) in [6.45, 7) is 8.10. The molecule has 1 N–H and O–H groups in total. The molecule has 0 aromatic heterocycles. The molecule has 55 heavy (non-hydrogen) atoms. The lowest BCUT2D eigenvalue weighted by molar-refractivity contribution is -0.151. The van der Waals surface area contributed by atoms with Gasteiger partial charge in [0.1, 0.15) is 5.75 Å². The van der Waals surface area contributed by atoms with Gasteiger partial charge in [0.25, 0.3) is 5.91 Å². The Kier molecular flexibility index (Phi) is 10.0. The fourth-order valence-corrected chi connectivity index (χ4v) is 14.2. The van der Waals surface area contributed by atoms with E-state index in [1.54, 1.807) is 7.11 Å². The molecule has 4 aromatic carbocycles. The molecule has 9 nitrogen and oxygen atoms in total. The number of carbonyl (C=O) groups excluding carboxylic acids is 3. The second-order valence-electron chi connectivity index (χ2n) is 16.1. The number of benzene rings is 4. The first-order valence-corrected chi connectivity index (χ1v) is 23.1. The molecule has 0 radical (unpaired) electrons. The van der Waals surface area contributed by atoms with E-state index in [9.17, 15) is 14.7 Å². The van der Waals surface area contributed by atoms with Crippen LogP contribution >= 0.6 is 15.9 Å². The number of aliphatic hydroxyl groups is 1. The molecule has 286 valence electrons. The summed E-state index contributed by atoms with van der Waals surface area (Å²) < 4.78 is 13.6. The fourth-order valence-electron chi connectivity index (χ4n) is 9.86. The lowest BCUT2D eigenvalue weighted by Gasteiger charge is -2.39.